The van der Waals surface area contributed by atoms with E-state index >= 15 is 0 Å². The number of hydrogen-bond donors (Lipinski definition) is 1. The second-order valence-electron chi connectivity index (χ2n) is 8.01. The molecule has 3 rings (SSSR count). The molecule has 2 aromatic carbocycles. The van der Waals surface area contributed by atoms with Crippen LogP contribution in [0.15, 0.2) is 42.5 Å². The topological polar surface area (TPSA) is 90.9 Å². The standard InChI is InChI=1S/C25H28FNO6/c1-5-33-24(30)25(15(2)12-20(28)22(25)16-6-9-18(26)10-7-16)23(29)27-14-17-8-11-19(31-3)13-21(17)32-4/h6-11,13,15,22H,5,12,14H2,1-4H3,(H,27,29). The molecule has 33 heavy (non-hydrogen) atoms. The minimum atomic E-state index is -1.77. The van der Waals surface area contributed by atoms with Gasteiger partial charge in [0, 0.05) is 24.6 Å². The number of methoxy groups -OCH3 is 2. The molecule has 1 N–H and O–H groups in total. The summed E-state index contributed by atoms with van der Waals surface area (Å²) in [5, 5.41) is 2.81. The van der Waals surface area contributed by atoms with E-state index in [9.17, 15) is 18.8 Å². The molecule has 2 aromatic rings. The van der Waals surface area contributed by atoms with Crippen molar-refractivity contribution in [2.24, 2.45) is 11.3 Å². The van der Waals surface area contributed by atoms with Gasteiger partial charge in [0.05, 0.1) is 26.7 Å². The number of Topliss-reactive ketones (excluding diaryl/α,β-unsaturated/α-hetero) is 1. The third-order valence-electron chi connectivity index (χ3n) is 6.19. The number of amides is 1. The van der Waals surface area contributed by atoms with Crippen LogP contribution in [0.3, 0.4) is 0 Å². The van der Waals surface area contributed by atoms with Crippen LogP contribution < -0.4 is 14.8 Å². The Bertz CT molecular complexity index is 1040. The number of hydrogen-bond acceptors (Lipinski definition) is 6. The summed E-state index contributed by atoms with van der Waals surface area (Å²) in [5.74, 6) is -2.72. The molecule has 0 saturated heterocycles. The highest BCUT2D eigenvalue weighted by atomic mass is 19.1. The van der Waals surface area contributed by atoms with E-state index in [1.807, 2.05) is 0 Å². The van der Waals surface area contributed by atoms with E-state index < -0.39 is 34.9 Å². The lowest BCUT2D eigenvalue weighted by Gasteiger charge is -2.34. The lowest BCUT2D eigenvalue weighted by molar-refractivity contribution is -0.165. The molecule has 176 valence electrons. The smallest absolute Gasteiger partial charge is 0.323 e. The molecule has 0 radical (unpaired) electrons. The fraction of sp³-hybridized carbons (Fsp3) is 0.400. The summed E-state index contributed by atoms with van der Waals surface area (Å²) in [6, 6.07) is 10.5. The van der Waals surface area contributed by atoms with Gasteiger partial charge in [0.25, 0.3) is 0 Å². The molecule has 0 aliphatic heterocycles. The van der Waals surface area contributed by atoms with Gasteiger partial charge in [-0.1, -0.05) is 19.1 Å². The summed E-state index contributed by atoms with van der Waals surface area (Å²) >= 11 is 0. The maximum atomic E-state index is 13.7. The fourth-order valence-corrected chi connectivity index (χ4v) is 4.56. The van der Waals surface area contributed by atoms with Crippen molar-refractivity contribution in [2.45, 2.75) is 32.7 Å². The number of ketones is 1. The van der Waals surface area contributed by atoms with E-state index in [-0.39, 0.29) is 25.4 Å². The highest BCUT2D eigenvalue weighted by Crippen LogP contribution is 2.52. The van der Waals surface area contributed by atoms with Crippen molar-refractivity contribution < 1.29 is 33.0 Å². The van der Waals surface area contributed by atoms with Crippen LogP contribution in [0.1, 0.15) is 37.3 Å². The average molecular weight is 457 g/mol. The lowest BCUT2D eigenvalue weighted by Crippen LogP contribution is -2.52. The molecule has 3 unspecified atom stereocenters. The second kappa shape index (κ2) is 10.0. The number of ether oxygens (including phenoxy) is 3. The Morgan fingerprint density at radius 3 is 2.42 bits per heavy atom. The van der Waals surface area contributed by atoms with Gasteiger partial charge in [-0.25, -0.2) is 4.39 Å². The SMILES string of the molecule is CCOC(=O)C1(C(=O)NCc2ccc(OC)cc2OC)C(C)CC(=O)C1c1ccc(F)cc1. The fourth-order valence-electron chi connectivity index (χ4n) is 4.56. The van der Waals surface area contributed by atoms with Crippen molar-refractivity contribution in [2.75, 3.05) is 20.8 Å². The monoisotopic (exact) mass is 457 g/mol. The van der Waals surface area contributed by atoms with Crippen LogP contribution in [-0.2, 0) is 25.7 Å². The molecular weight excluding hydrogens is 429 g/mol. The third kappa shape index (κ3) is 4.42. The number of benzene rings is 2. The molecule has 0 aromatic heterocycles. The number of nitrogens with one attached hydrogen (secondary N) is 1. The number of esters is 1. The van der Waals surface area contributed by atoms with Gasteiger partial charge in [0.2, 0.25) is 5.91 Å². The summed E-state index contributed by atoms with van der Waals surface area (Å²) in [4.78, 5) is 40.0. The van der Waals surface area contributed by atoms with Gasteiger partial charge in [-0.15, -0.1) is 0 Å². The summed E-state index contributed by atoms with van der Waals surface area (Å²) in [5.41, 5.74) is -0.707. The molecule has 1 fully saturated rings. The van der Waals surface area contributed by atoms with Crippen molar-refractivity contribution in [3.8, 4) is 11.5 Å². The molecule has 0 bridgehead atoms. The lowest BCUT2D eigenvalue weighted by atomic mass is 9.69. The van der Waals surface area contributed by atoms with Crippen molar-refractivity contribution in [1.82, 2.24) is 5.32 Å². The second-order valence-corrected chi connectivity index (χ2v) is 8.01. The molecule has 3 atom stereocenters. The Kier molecular flexibility index (Phi) is 7.36. The molecule has 1 aliphatic carbocycles. The highest BCUT2D eigenvalue weighted by molar-refractivity contribution is 6.12. The summed E-state index contributed by atoms with van der Waals surface area (Å²) in [6.45, 7) is 3.44. The first-order valence-electron chi connectivity index (χ1n) is 10.7. The van der Waals surface area contributed by atoms with Crippen LogP contribution >= 0.6 is 0 Å². The van der Waals surface area contributed by atoms with Gasteiger partial charge in [0.15, 0.2) is 5.41 Å². The zero-order chi connectivity index (χ0) is 24.2. The van der Waals surface area contributed by atoms with Crippen molar-refractivity contribution in [1.29, 1.82) is 0 Å². The third-order valence-corrected chi connectivity index (χ3v) is 6.19. The largest absolute Gasteiger partial charge is 0.497 e. The van der Waals surface area contributed by atoms with Crippen molar-refractivity contribution in [3.63, 3.8) is 0 Å². The van der Waals surface area contributed by atoms with E-state index in [2.05, 4.69) is 5.32 Å². The molecule has 7 nitrogen and oxygen atoms in total. The van der Waals surface area contributed by atoms with Crippen LogP contribution in [0.2, 0.25) is 0 Å². The molecule has 1 amide bonds. The first kappa shape index (κ1) is 24.2. The Hall–Kier alpha value is -3.42. The average Bonchev–Trinajstić information content (AvgIpc) is 3.08. The summed E-state index contributed by atoms with van der Waals surface area (Å²) in [7, 11) is 3.04. The van der Waals surface area contributed by atoms with Crippen molar-refractivity contribution in [3.05, 3.63) is 59.4 Å². The van der Waals surface area contributed by atoms with Crippen molar-refractivity contribution >= 4 is 17.7 Å². The number of carbonyl (C=O) groups is 3. The quantitative estimate of drug-likeness (QED) is 0.483. The molecule has 0 heterocycles. The Morgan fingerprint density at radius 2 is 1.82 bits per heavy atom. The molecule has 1 aliphatic rings. The molecular formula is C25H28FNO6. The minimum Gasteiger partial charge on any atom is -0.497 e. The summed E-state index contributed by atoms with van der Waals surface area (Å²) in [6.07, 6.45) is 0.0279. The first-order chi connectivity index (χ1) is 15.8. The van der Waals surface area contributed by atoms with Gasteiger partial charge in [0.1, 0.15) is 23.1 Å². The zero-order valence-electron chi connectivity index (χ0n) is 19.1. The van der Waals surface area contributed by atoms with Gasteiger partial charge in [-0.2, -0.15) is 0 Å². The normalized spacial score (nSPS) is 22.0. The van der Waals surface area contributed by atoms with Crippen LogP contribution in [0.5, 0.6) is 11.5 Å². The van der Waals surface area contributed by atoms with Crippen LogP contribution in [-0.4, -0.2) is 38.5 Å². The number of halogens is 1. The number of carbonyl (C=O) groups excluding carboxylic acids is 3. The predicted octanol–water partition coefficient (Wildman–Crippen LogP) is 3.40. The van der Waals surface area contributed by atoms with E-state index in [1.165, 1.54) is 38.5 Å². The van der Waals surface area contributed by atoms with Crippen LogP contribution in [0, 0.1) is 17.2 Å². The van der Waals surface area contributed by atoms with Gasteiger partial charge < -0.3 is 19.5 Å². The van der Waals surface area contributed by atoms with E-state index in [1.54, 1.807) is 32.0 Å². The van der Waals surface area contributed by atoms with E-state index in [0.717, 1.165) is 0 Å². The Balaban J connectivity index is 2.00. The first-order valence-corrected chi connectivity index (χ1v) is 10.7. The summed E-state index contributed by atoms with van der Waals surface area (Å²) < 4.78 is 29.4. The van der Waals surface area contributed by atoms with Crippen LogP contribution in [0.4, 0.5) is 4.39 Å². The zero-order valence-corrected chi connectivity index (χ0v) is 19.1. The van der Waals surface area contributed by atoms with Crippen LogP contribution in [0.25, 0.3) is 0 Å². The minimum absolute atomic E-state index is 0.0279. The van der Waals surface area contributed by atoms with Gasteiger partial charge in [-0.3, -0.25) is 14.4 Å². The van der Waals surface area contributed by atoms with Gasteiger partial charge in [-0.05, 0) is 42.7 Å². The highest BCUT2D eigenvalue weighted by Gasteiger charge is 2.64. The van der Waals surface area contributed by atoms with E-state index in [4.69, 9.17) is 14.2 Å². The predicted molar refractivity (Wildman–Crippen MR) is 118 cm³/mol. The molecule has 0 spiro atoms. The molecule has 1 saturated carbocycles. The number of rotatable bonds is 8. The Morgan fingerprint density at radius 1 is 1.12 bits per heavy atom. The maximum absolute atomic E-state index is 13.7. The van der Waals surface area contributed by atoms with E-state index in [0.29, 0.717) is 22.6 Å². The Labute approximate surface area is 192 Å². The maximum Gasteiger partial charge on any atom is 0.323 e. The molecule has 8 heteroatoms. The van der Waals surface area contributed by atoms with Gasteiger partial charge >= 0.3 is 5.97 Å².